The van der Waals surface area contributed by atoms with Crippen molar-refractivity contribution < 1.29 is 4.92 Å². The van der Waals surface area contributed by atoms with E-state index in [0.29, 0.717) is 11.4 Å². The van der Waals surface area contributed by atoms with Crippen LogP contribution >= 0.6 is 0 Å². The van der Waals surface area contributed by atoms with Crippen LogP contribution in [0.2, 0.25) is 0 Å². The maximum absolute atomic E-state index is 11.0. The third-order valence-electron chi connectivity index (χ3n) is 3.35. The van der Waals surface area contributed by atoms with Crippen molar-refractivity contribution in [3.05, 3.63) is 40.2 Å². The van der Waals surface area contributed by atoms with Gasteiger partial charge in [-0.3, -0.25) is 15.1 Å². The summed E-state index contributed by atoms with van der Waals surface area (Å²) in [6.45, 7) is 3.72. The summed E-state index contributed by atoms with van der Waals surface area (Å²) in [4.78, 5) is 14.8. The molecule has 1 aromatic heterocycles. The number of nitro benzene ring substituents is 1. The molecule has 0 spiro atoms. The second-order valence-electron chi connectivity index (χ2n) is 4.76. The van der Waals surface area contributed by atoms with Gasteiger partial charge >= 0.3 is 0 Å². The Morgan fingerprint density at radius 1 is 1.42 bits per heavy atom. The minimum atomic E-state index is -0.367. The van der Waals surface area contributed by atoms with Gasteiger partial charge in [-0.15, -0.1) is 0 Å². The fraction of sp³-hybridized carbons (Fsp3) is 0.308. The highest BCUT2D eigenvalue weighted by atomic mass is 16.6. The summed E-state index contributed by atoms with van der Waals surface area (Å²) in [7, 11) is 0. The van der Waals surface area contributed by atoms with E-state index in [9.17, 15) is 10.1 Å². The van der Waals surface area contributed by atoms with Crippen LogP contribution in [-0.2, 0) is 0 Å². The van der Waals surface area contributed by atoms with Gasteiger partial charge in [0.2, 0.25) is 0 Å². The van der Waals surface area contributed by atoms with Crippen molar-refractivity contribution in [2.45, 2.75) is 13.0 Å². The first-order valence-electron chi connectivity index (χ1n) is 6.16. The van der Waals surface area contributed by atoms with Gasteiger partial charge in [-0.05, 0) is 19.1 Å². The molecule has 0 unspecified atom stereocenters. The molecular formula is C13H14N4O2. The van der Waals surface area contributed by atoms with Crippen LogP contribution in [0.25, 0.3) is 10.8 Å². The second kappa shape index (κ2) is 4.47. The zero-order valence-electron chi connectivity index (χ0n) is 10.5. The predicted molar refractivity (Wildman–Crippen MR) is 73.4 cm³/mol. The first-order chi connectivity index (χ1) is 9.15. The van der Waals surface area contributed by atoms with Crippen LogP contribution in [0.4, 0.5) is 11.4 Å². The molecule has 0 atom stereocenters. The van der Waals surface area contributed by atoms with E-state index < -0.39 is 0 Å². The van der Waals surface area contributed by atoms with Gasteiger partial charge in [-0.1, -0.05) is 0 Å². The molecule has 0 aliphatic carbocycles. The van der Waals surface area contributed by atoms with Crippen LogP contribution < -0.4 is 10.6 Å². The Labute approximate surface area is 110 Å². The molecule has 1 aliphatic rings. The predicted octanol–water partition coefficient (Wildman–Crippen LogP) is 1.84. The Morgan fingerprint density at radius 3 is 2.84 bits per heavy atom. The fourth-order valence-electron chi connectivity index (χ4n) is 2.22. The van der Waals surface area contributed by atoms with Crippen LogP contribution in [0.5, 0.6) is 0 Å². The quantitative estimate of drug-likeness (QED) is 0.648. The number of benzene rings is 1. The number of pyridine rings is 1. The van der Waals surface area contributed by atoms with Crippen molar-refractivity contribution in [2.24, 2.45) is 0 Å². The molecule has 1 fully saturated rings. The third kappa shape index (κ3) is 2.10. The largest absolute Gasteiger partial charge is 0.379 e. The Kier molecular flexibility index (Phi) is 2.79. The number of non-ortho nitro benzene ring substituents is 1. The Morgan fingerprint density at radius 2 is 2.21 bits per heavy atom. The van der Waals surface area contributed by atoms with E-state index in [1.165, 1.54) is 6.07 Å². The number of aryl methyl sites for hydroxylation is 1. The van der Waals surface area contributed by atoms with E-state index in [1.54, 1.807) is 12.3 Å². The summed E-state index contributed by atoms with van der Waals surface area (Å²) in [5, 5.41) is 19.1. The maximum atomic E-state index is 11.0. The SMILES string of the molecule is Cc1cc2c(NC3CNC3)ccc([N+](=O)[O-])c2cn1. The zero-order valence-corrected chi connectivity index (χ0v) is 10.5. The van der Waals surface area contributed by atoms with Crippen LogP contribution in [0.15, 0.2) is 24.4 Å². The topological polar surface area (TPSA) is 80.1 Å². The molecule has 0 amide bonds. The van der Waals surface area contributed by atoms with Crippen molar-refractivity contribution >= 4 is 22.1 Å². The molecule has 2 N–H and O–H groups in total. The van der Waals surface area contributed by atoms with Crippen molar-refractivity contribution in [3.63, 3.8) is 0 Å². The number of nitrogens with one attached hydrogen (secondary N) is 2. The molecule has 2 heterocycles. The number of rotatable bonds is 3. The molecule has 2 aromatic rings. The molecular weight excluding hydrogens is 244 g/mol. The molecule has 1 saturated heterocycles. The van der Waals surface area contributed by atoms with Gasteiger partial charge in [0, 0.05) is 42.1 Å². The highest BCUT2D eigenvalue weighted by molar-refractivity contribution is 5.99. The Hall–Kier alpha value is -2.21. The monoisotopic (exact) mass is 258 g/mol. The number of nitrogens with zero attached hydrogens (tertiary/aromatic N) is 2. The van der Waals surface area contributed by atoms with Crippen molar-refractivity contribution in [3.8, 4) is 0 Å². The van der Waals surface area contributed by atoms with Gasteiger partial charge in [0.15, 0.2) is 0 Å². The van der Waals surface area contributed by atoms with Crippen LogP contribution in [-0.4, -0.2) is 29.0 Å². The molecule has 1 aliphatic heterocycles. The summed E-state index contributed by atoms with van der Waals surface area (Å²) >= 11 is 0. The normalized spacial score (nSPS) is 15.2. The Bertz CT molecular complexity index is 652. The standard InChI is InChI=1S/C13H14N4O2/c1-8-4-10-11(7-15-8)13(17(18)19)3-2-12(10)16-9-5-14-6-9/h2-4,7,9,14,16H,5-6H2,1H3. The second-order valence-corrected chi connectivity index (χ2v) is 4.76. The molecule has 1 aromatic carbocycles. The summed E-state index contributed by atoms with van der Waals surface area (Å²) in [5.74, 6) is 0. The molecule has 3 rings (SSSR count). The van der Waals surface area contributed by atoms with Crippen LogP contribution in [0, 0.1) is 17.0 Å². The van der Waals surface area contributed by atoms with Gasteiger partial charge in [-0.25, -0.2) is 0 Å². The minimum absolute atomic E-state index is 0.0970. The number of hydrogen-bond donors (Lipinski definition) is 2. The van der Waals surface area contributed by atoms with E-state index in [0.717, 1.165) is 29.9 Å². The van der Waals surface area contributed by atoms with Crippen molar-refractivity contribution in [1.82, 2.24) is 10.3 Å². The first-order valence-corrected chi connectivity index (χ1v) is 6.16. The van der Waals surface area contributed by atoms with Crippen molar-refractivity contribution in [2.75, 3.05) is 18.4 Å². The summed E-state index contributed by atoms with van der Waals surface area (Å²) in [5.41, 5.74) is 1.88. The smallest absolute Gasteiger partial charge is 0.278 e. The van der Waals surface area contributed by atoms with Gasteiger partial charge in [0.25, 0.3) is 5.69 Å². The van der Waals surface area contributed by atoms with E-state index in [2.05, 4.69) is 15.6 Å². The summed E-state index contributed by atoms with van der Waals surface area (Å²) < 4.78 is 0. The zero-order chi connectivity index (χ0) is 13.4. The van der Waals surface area contributed by atoms with Gasteiger partial charge in [0.1, 0.15) is 0 Å². The highest BCUT2D eigenvalue weighted by Gasteiger charge is 2.20. The number of hydrogen-bond acceptors (Lipinski definition) is 5. The van der Waals surface area contributed by atoms with E-state index in [1.807, 2.05) is 13.0 Å². The molecule has 0 bridgehead atoms. The van der Waals surface area contributed by atoms with Crippen LogP contribution in [0.3, 0.4) is 0 Å². The first kappa shape index (κ1) is 11.9. The lowest BCUT2D eigenvalue weighted by molar-refractivity contribution is -0.383. The summed E-state index contributed by atoms with van der Waals surface area (Å²) in [6, 6.07) is 5.58. The molecule has 0 saturated carbocycles. The fourth-order valence-corrected chi connectivity index (χ4v) is 2.22. The number of aromatic nitrogens is 1. The molecule has 6 nitrogen and oxygen atoms in total. The number of nitro groups is 1. The lowest BCUT2D eigenvalue weighted by Gasteiger charge is -2.29. The molecule has 0 radical (unpaired) electrons. The van der Waals surface area contributed by atoms with Gasteiger partial charge < -0.3 is 10.6 Å². The van der Waals surface area contributed by atoms with Crippen LogP contribution in [0.1, 0.15) is 5.69 Å². The average Bonchev–Trinajstić information content (AvgIpc) is 2.33. The molecule has 19 heavy (non-hydrogen) atoms. The Balaban J connectivity index is 2.14. The summed E-state index contributed by atoms with van der Waals surface area (Å²) in [6.07, 6.45) is 1.58. The molecule has 6 heteroatoms. The average molecular weight is 258 g/mol. The number of anilines is 1. The van der Waals surface area contributed by atoms with Crippen molar-refractivity contribution in [1.29, 1.82) is 0 Å². The maximum Gasteiger partial charge on any atom is 0.278 e. The molecule has 98 valence electrons. The van der Waals surface area contributed by atoms with Gasteiger partial charge in [0.05, 0.1) is 16.4 Å². The third-order valence-corrected chi connectivity index (χ3v) is 3.35. The van der Waals surface area contributed by atoms with E-state index in [4.69, 9.17) is 0 Å². The lowest BCUT2D eigenvalue weighted by atomic mass is 10.1. The highest BCUT2D eigenvalue weighted by Crippen LogP contribution is 2.31. The van der Waals surface area contributed by atoms with E-state index >= 15 is 0 Å². The van der Waals surface area contributed by atoms with Gasteiger partial charge in [-0.2, -0.15) is 0 Å². The van der Waals surface area contributed by atoms with E-state index in [-0.39, 0.29) is 10.6 Å². The lowest BCUT2D eigenvalue weighted by Crippen LogP contribution is -2.51. The minimum Gasteiger partial charge on any atom is -0.379 e. The number of fused-ring (bicyclic) bond motifs is 1.